The van der Waals surface area contributed by atoms with Crippen LogP contribution in [0.25, 0.3) is 0 Å². The van der Waals surface area contributed by atoms with Crippen molar-refractivity contribution in [2.24, 2.45) is 29.1 Å². The lowest BCUT2D eigenvalue weighted by Crippen LogP contribution is -2.48. The molecule has 2 aliphatic heterocycles. The molecular weight excluding hydrogens is 544 g/mol. The van der Waals surface area contributed by atoms with Gasteiger partial charge in [-0.2, -0.15) is 0 Å². The Hall–Kier alpha value is -4.85. The van der Waals surface area contributed by atoms with Gasteiger partial charge < -0.3 is 5.11 Å². The number of amides is 4. The van der Waals surface area contributed by atoms with E-state index in [9.17, 15) is 29.1 Å². The minimum Gasteiger partial charge on any atom is -0.508 e. The summed E-state index contributed by atoms with van der Waals surface area (Å²) in [7, 11) is 0. The number of fused-ring (bicyclic) bond motifs is 4. The maximum atomic E-state index is 14.3. The number of para-hydroxylation sites is 1. The number of anilines is 2. The summed E-state index contributed by atoms with van der Waals surface area (Å²) in [6.45, 7) is 3.28. The monoisotopic (exact) mass is 574 g/mol. The molecule has 2 heterocycles. The van der Waals surface area contributed by atoms with Crippen LogP contribution >= 0.6 is 0 Å². The molecule has 2 saturated heterocycles. The Morgan fingerprint density at radius 3 is 2.19 bits per heavy atom. The summed E-state index contributed by atoms with van der Waals surface area (Å²) in [6.07, 6.45) is 2.56. The molecule has 6 unspecified atom stereocenters. The molecule has 0 spiro atoms. The second kappa shape index (κ2) is 9.59. The highest BCUT2D eigenvalue weighted by Crippen LogP contribution is 2.63. The van der Waals surface area contributed by atoms with E-state index in [-0.39, 0.29) is 41.6 Å². The summed E-state index contributed by atoms with van der Waals surface area (Å²) in [5.74, 6) is -4.41. The van der Waals surface area contributed by atoms with Crippen molar-refractivity contribution < 1.29 is 29.1 Å². The number of nitrogens with zero attached hydrogens (tertiary/aromatic N) is 2. The summed E-state index contributed by atoms with van der Waals surface area (Å²) in [6, 6.07) is 22.0. The highest BCUT2D eigenvalue weighted by Gasteiger charge is 2.67. The maximum Gasteiger partial charge on any atom is 0.241 e. The third-order valence-electron chi connectivity index (χ3n) is 10.0. The van der Waals surface area contributed by atoms with E-state index in [1.807, 2.05) is 25.1 Å². The van der Waals surface area contributed by atoms with Crippen molar-refractivity contribution in [1.82, 2.24) is 0 Å². The van der Waals surface area contributed by atoms with Gasteiger partial charge in [-0.3, -0.25) is 28.9 Å². The first-order valence-corrected chi connectivity index (χ1v) is 14.5. The van der Waals surface area contributed by atoms with Gasteiger partial charge in [0.25, 0.3) is 0 Å². The van der Waals surface area contributed by atoms with Crippen molar-refractivity contribution in [3.63, 3.8) is 0 Å². The van der Waals surface area contributed by atoms with Gasteiger partial charge in [0.05, 0.1) is 34.5 Å². The van der Waals surface area contributed by atoms with Crippen molar-refractivity contribution in [1.29, 1.82) is 0 Å². The number of carbonyl (C=O) groups is 5. The van der Waals surface area contributed by atoms with Gasteiger partial charge in [0, 0.05) is 11.5 Å². The van der Waals surface area contributed by atoms with Crippen LogP contribution in [0.3, 0.4) is 0 Å². The molecule has 7 rings (SSSR count). The predicted octanol–water partition coefficient (Wildman–Crippen LogP) is 5.03. The average molecular weight is 575 g/mol. The molecule has 8 heteroatoms. The number of hydrogen-bond acceptors (Lipinski definition) is 6. The van der Waals surface area contributed by atoms with Crippen LogP contribution in [0.4, 0.5) is 11.4 Å². The number of phenolic OH excluding ortho intramolecular Hbond substituents is 1. The zero-order valence-corrected chi connectivity index (χ0v) is 23.8. The van der Waals surface area contributed by atoms with Crippen molar-refractivity contribution in [2.45, 2.75) is 32.6 Å². The van der Waals surface area contributed by atoms with E-state index in [2.05, 4.69) is 0 Å². The number of carbonyl (C=O) groups excluding carboxylic acids is 5. The third-order valence-corrected chi connectivity index (χ3v) is 10.0. The number of benzene rings is 3. The van der Waals surface area contributed by atoms with E-state index in [1.54, 1.807) is 66.7 Å². The summed E-state index contributed by atoms with van der Waals surface area (Å²) < 4.78 is 0. The fourth-order valence-corrected chi connectivity index (χ4v) is 8.02. The van der Waals surface area contributed by atoms with Crippen LogP contribution in [0, 0.1) is 29.1 Å². The molecule has 1 saturated carbocycles. The van der Waals surface area contributed by atoms with Gasteiger partial charge in [0.15, 0.2) is 5.78 Å². The number of rotatable bonds is 4. The summed E-state index contributed by atoms with van der Waals surface area (Å²) in [5, 5.41) is 10.4. The summed E-state index contributed by atoms with van der Waals surface area (Å²) in [4.78, 5) is 70.6. The molecule has 43 heavy (non-hydrogen) atoms. The number of aromatic hydroxyl groups is 1. The fourth-order valence-electron chi connectivity index (χ4n) is 8.02. The average Bonchev–Trinajstić information content (AvgIpc) is 3.37. The molecule has 4 aliphatic rings. The first-order chi connectivity index (χ1) is 20.6. The molecule has 6 atom stereocenters. The Morgan fingerprint density at radius 1 is 0.814 bits per heavy atom. The Morgan fingerprint density at radius 2 is 1.51 bits per heavy atom. The second-order valence-electron chi connectivity index (χ2n) is 12.2. The fraction of sp³-hybridized carbons (Fsp3) is 0.286. The number of ketones is 1. The Labute approximate surface area is 248 Å². The molecule has 3 fully saturated rings. The van der Waals surface area contributed by atoms with Crippen LogP contribution in [-0.2, 0) is 19.2 Å². The molecule has 3 aromatic carbocycles. The van der Waals surface area contributed by atoms with E-state index in [4.69, 9.17) is 0 Å². The van der Waals surface area contributed by atoms with Gasteiger partial charge in [-0.15, -0.1) is 0 Å². The molecule has 0 radical (unpaired) electrons. The molecule has 2 aliphatic carbocycles. The van der Waals surface area contributed by atoms with Gasteiger partial charge >= 0.3 is 0 Å². The molecule has 3 aromatic rings. The Bertz CT molecular complexity index is 1750. The molecule has 1 N–H and O–H groups in total. The van der Waals surface area contributed by atoms with Gasteiger partial charge in [-0.25, -0.2) is 4.90 Å². The minimum absolute atomic E-state index is 0.0399. The SMILES string of the molecule is CC(=O)c1ccc(N2C(=O)C3CC=C4C(CC5C(=O)N(c6ccccc6)C(=O)C5(C)C4c4cccc(O)c4)C3C2=O)cc1. The number of Topliss-reactive ketones (excluding diaryl/α,β-unsaturated/α-hetero) is 1. The van der Waals surface area contributed by atoms with Crippen molar-refractivity contribution >= 4 is 40.8 Å². The lowest BCUT2D eigenvalue weighted by Gasteiger charge is -2.49. The van der Waals surface area contributed by atoms with Crippen LogP contribution < -0.4 is 9.80 Å². The third kappa shape index (κ3) is 3.78. The van der Waals surface area contributed by atoms with Crippen LogP contribution in [0.5, 0.6) is 5.75 Å². The van der Waals surface area contributed by atoms with Crippen LogP contribution in [-0.4, -0.2) is 34.5 Å². The van der Waals surface area contributed by atoms with Crippen molar-refractivity contribution in [3.8, 4) is 5.75 Å². The van der Waals surface area contributed by atoms with E-state index < -0.39 is 35.0 Å². The Kier molecular flexibility index (Phi) is 6.02. The first-order valence-electron chi connectivity index (χ1n) is 14.5. The molecule has 4 amide bonds. The van der Waals surface area contributed by atoms with Crippen LogP contribution in [0.15, 0.2) is 90.5 Å². The lowest BCUT2D eigenvalue weighted by molar-refractivity contribution is -0.131. The quantitative estimate of drug-likeness (QED) is 0.266. The number of hydrogen-bond donors (Lipinski definition) is 1. The molecule has 0 bridgehead atoms. The molecule has 216 valence electrons. The summed E-state index contributed by atoms with van der Waals surface area (Å²) in [5.41, 5.74) is 1.76. The maximum absolute atomic E-state index is 14.3. The molecule has 8 nitrogen and oxygen atoms in total. The molecular formula is C35H30N2O6. The van der Waals surface area contributed by atoms with Gasteiger partial charge in [0.1, 0.15) is 5.75 Å². The van der Waals surface area contributed by atoms with Crippen molar-refractivity contribution in [2.75, 3.05) is 9.80 Å². The van der Waals surface area contributed by atoms with Gasteiger partial charge in [-0.05, 0) is 86.7 Å². The summed E-state index contributed by atoms with van der Waals surface area (Å²) >= 11 is 0. The molecule has 0 aromatic heterocycles. The predicted molar refractivity (Wildman–Crippen MR) is 158 cm³/mol. The topological polar surface area (TPSA) is 112 Å². The zero-order chi connectivity index (χ0) is 30.2. The van der Waals surface area contributed by atoms with E-state index in [0.29, 0.717) is 28.9 Å². The van der Waals surface area contributed by atoms with Crippen molar-refractivity contribution in [3.05, 3.63) is 102 Å². The smallest absolute Gasteiger partial charge is 0.241 e. The highest BCUT2D eigenvalue weighted by molar-refractivity contribution is 6.25. The largest absolute Gasteiger partial charge is 0.508 e. The highest BCUT2D eigenvalue weighted by atomic mass is 16.3. The van der Waals surface area contributed by atoms with E-state index in [0.717, 1.165) is 5.57 Å². The normalized spacial score (nSPS) is 29.7. The Balaban J connectivity index is 1.34. The second-order valence-corrected chi connectivity index (χ2v) is 12.2. The van der Waals surface area contributed by atoms with Crippen LogP contribution in [0.1, 0.15) is 48.5 Å². The standard InChI is InChI=1S/C35H30N2O6/c1-19(38)20-11-13-23(14-12-20)36-31(40)26-16-15-25-27(29(26)33(36)42)18-28-32(41)37(22-8-4-3-5-9-22)34(43)35(28,2)30(25)21-7-6-10-24(39)17-21/h3-15,17,26-30,39H,16,18H2,1-2H3. The first kappa shape index (κ1) is 27.0. The minimum atomic E-state index is -1.16. The lowest BCUT2D eigenvalue weighted by atomic mass is 9.51. The number of phenols is 1. The van der Waals surface area contributed by atoms with E-state index in [1.165, 1.54) is 16.7 Å². The number of allylic oxidation sites excluding steroid dienone is 2. The van der Waals surface area contributed by atoms with Gasteiger partial charge in [0.2, 0.25) is 23.6 Å². The zero-order valence-electron chi connectivity index (χ0n) is 23.8. The van der Waals surface area contributed by atoms with Gasteiger partial charge in [-0.1, -0.05) is 42.0 Å². The van der Waals surface area contributed by atoms with E-state index >= 15 is 0 Å². The number of imide groups is 2. The van der Waals surface area contributed by atoms with Crippen LogP contribution in [0.2, 0.25) is 0 Å².